The summed E-state index contributed by atoms with van der Waals surface area (Å²) >= 11 is 0. The number of likely N-dealkylation sites (tertiary alicyclic amines) is 1. The molecule has 3 aliphatic rings. The Balaban J connectivity index is 1.45. The van der Waals surface area contributed by atoms with E-state index in [1.54, 1.807) is 0 Å². The van der Waals surface area contributed by atoms with Crippen molar-refractivity contribution in [1.82, 2.24) is 4.90 Å². The van der Waals surface area contributed by atoms with Gasteiger partial charge in [-0.3, -0.25) is 19.3 Å². The Kier molecular flexibility index (Phi) is 4.50. The summed E-state index contributed by atoms with van der Waals surface area (Å²) in [5.74, 6) is -1.91. The average molecular weight is 404 g/mol. The first kappa shape index (κ1) is 18.7. The minimum Gasteiger partial charge on any atom is -0.324 e. The number of fused-ring (bicyclic) bond motifs is 5. The summed E-state index contributed by atoms with van der Waals surface area (Å²) in [6, 6.07) is 13.8. The smallest absolute Gasteiger partial charge is 0.248 e. The average Bonchev–Trinajstić information content (AvgIpc) is 3.43. The molecule has 1 heterocycles. The van der Waals surface area contributed by atoms with Gasteiger partial charge in [-0.15, -0.1) is 0 Å². The summed E-state index contributed by atoms with van der Waals surface area (Å²) in [5.41, 5.74) is 1.27. The van der Waals surface area contributed by atoms with Crippen molar-refractivity contribution in [1.29, 1.82) is 0 Å². The lowest BCUT2D eigenvalue weighted by Crippen LogP contribution is -2.49. The second-order valence-electron chi connectivity index (χ2n) is 8.25. The number of halogens is 1. The quantitative estimate of drug-likeness (QED) is 0.615. The van der Waals surface area contributed by atoms with Gasteiger partial charge in [0.1, 0.15) is 11.9 Å². The Morgan fingerprint density at radius 3 is 2.17 bits per heavy atom. The molecule has 2 aromatic rings. The Hall–Kier alpha value is -3.28. The molecular weight excluding hydrogens is 383 g/mol. The van der Waals surface area contributed by atoms with E-state index in [-0.39, 0.29) is 41.9 Å². The fourth-order valence-electron chi connectivity index (χ4n) is 5.13. The van der Waals surface area contributed by atoms with Crippen LogP contribution in [0.1, 0.15) is 12.0 Å². The van der Waals surface area contributed by atoms with Crippen LogP contribution in [-0.4, -0.2) is 28.7 Å². The largest absolute Gasteiger partial charge is 0.324 e. The van der Waals surface area contributed by atoms with Crippen LogP contribution in [0.2, 0.25) is 0 Å². The molecule has 0 spiro atoms. The van der Waals surface area contributed by atoms with E-state index in [1.165, 1.54) is 29.2 Å². The molecule has 1 aliphatic heterocycles. The van der Waals surface area contributed by atoms with E-state index < -0.39 is 17.8 Å². The number of nitrogens with one attached hydrogen (secondary N) is 1. The van der Waals surface area contributed by atoms with Gasteiger partial charge in [0, 0.05) is 12.1 Å². The van der Waals surface area contributed by atoms with E-state index in [4.69, 9.17) is 0 Å². The highest BCUT2D eigenvalue weighted by atomic mass is 19.1. The molecule has 6 heteroatoms. The molecule has 1 saturated carbocycles. The number of allylic oxidation sites excluding steroid dienone is 2. The van der Waals surface area contributed by atoms with Gasteiger partial charge in [-0.05, 0) is 48.1 Å². The lowest BCUT2D eigenvalue weighted by molar-refractivity contribution is -0.147. The van der Waals surface area contributed by atoms with Crippen LogP contribution in [0.3, 0.4) is 0 Å². The molecule has 30 heavy (non-hydrogen) atoms. The molecule has 5 rings (SSSR count). The highest BCUT2D eigenvalue weighted by Crippen LogP contribution is 2.53. The van der Waals surface area contributed by atoms with Crippen LogP contribution in [0.25, 0.3) is 0 Å². The van der Waals surface area contributed by atoms with E-state index in [0.717, 1.165) is 12.0 Å². The summed E-state index contributed by atoms with van der Waals surface area (Å²) in [6.07, 6.45) is 5.13. The second-order valence-corrected chi connectivity index (χ2v) is 8.25. The van der Waals surface area contributed by atoms with Crippen molar-refractivity contribution in [2.45, 2.75) is 18.9 Å². The zero-order chi connectivity index (χ0) is 20.8. The molecule has 152 valence electrons. The van der Waals surface area contributed by atoms with Gasteiger partial charge in [-0.25, -0.2) is 4.39 Å². The third kappa shape index (κ3) is 3.03. The molecule has 1 saturated heterocycles. The van der Waals surface area contributed by atoms with Crippen molar-refractivity contribution >= 4 is 23.4 Å². The molecule has 2 fully saturated rings. The first-order valence-corrected chi connectivity index (χ1v) is 10.2. The lowest BCUT2D eigenvalue weighted by Gasteiger charge is -2.27. The monoisotopic (exact) mass is 404 g/mol. The predicted octanol–water partition coefficient (Wildman–Crippen LogP) is 3.18. The Bertz CT molecular complexity index is 1000. The van der Waals surface area contributed by atoms with Crippen LogP contribution in [0.15, 0.2) is 66.7 Å². The number of anilines is 1. The maximum Gasteiger partial charge on any atom is 0.248 e. The van der Waals surface area contributed by atoms with Crippen LogP contribution in [-0.2, 0) is 20.8 Å². The van der Waals surface area contributed by atoms with Gasteiger partial charge in [0.05, 0.1) is 11.8 Å². The molecule has 2 aromatic carbocycles. The molecule has 0 aromatic heterocycles. The molecule has 2 aliphatic carbocycles. The molecular formula is C24H21FN2O3. The molecule has 1 N–H and O–H groups in total. The van der Waals surface area contributed by atoms with E-state index in [1.807, 2.05) is 42.5 Å². The normalized spacial score (nSPS) is 27.4. The number of carbonyl (C=O) groups is 3. The lowest BCUT2D eigenvalue weighted by atomic mass is 9.85. The van der Waals surface area contributed by atoms with Crippen LogP contribution in [0.4, 0.5) is 10.1 Å². The Labute approximate surface area is 173 Å². The number of nitrogens with zero attached hydrogens (tertiary/aromatic N) is 1. The standard InChI is InChI=1S/C24H21FN2O3/c25-17-8-10-18(11-9-17)26-22(28)19(12-14-4-2-1-3-5-14)27-23(29)20-15-6-7-16(13-15)21(20)24(27)30/h1-11,15-16,19-21H,12-13H2,(H,26,28). The van der Waals surface area contributed by atoms with Crippen molar-refractivity contribution < 1.29 is 18.8 Å². The van der Waals surface area contributed by atoms with Crippen molar-refractivity contribution in [3.8, 4) is 0 Å². The highest BCUT2D eigenvalue weighted by Gasteiger charge is 2.61. The number of amides is 3. The molecule has 3 amide bonds. The predicted molar refractivity (Wildman–Crippen MR) is 109 cm³/mol. The molecule has 5 nitrogen and oxygen atoms in total. The number of benzene rings is 2. The van der Waals surface area contributed by atoms with Crippen molar-refractivity contribution in [3.63, 3.8) is 0 Å². The van der Waals surface area contributed by atoms with E-state index in [0.29, 0.717) is 5.69 Å². The minimum atomic E-state index is -0.956. The van der Waals surface area contributed by atoms with Crippen molar-refractivity contribution in [2.24, 2.45) is 23.7 Å². The summed E-state index contributed by atoms with van der Waals surface area (Å²) in [6.45, 7) is 0. The first-order chi connectivity index (χ1) is 14.5. The first-order valence-electron chi connectivity index (χ1n) is 10.2. The fourth-order valence-corrected chi connectivity index (χ4v) is 5.13. The summed E-state index contributed by atoms with van der Waals surface area (Å²) < 4.78 is 13.2. The minimum absolute atomic E-state index is 0.0824. The van der Waals surface area contributed by atoms with Crippen LogP contribution < -0.4 is 5.32 Å². The van der Waals surface area contributed by atoms with Gasteiger partial charge in [-0.2, -0.15) is 0 Å². The van der Waals surface area contributed by atoms with Gasteiger partial charge in [0.2, 0.25) is 17.7 Å². The summed E-state index contributed by atoms with van der Waals surface area (Å²) in [5, 5.41) is 2.74. The summed E-state index contributed by atoms with van der Waals surface area (Å²) in [7, 11) is 0. The maximum atomic E-state index is 13.3. The molecule has 5 atom stereocenters. The van der Waals surface area contributed by atoms with Crippen molar-refractivity contribution in [2.75, 3.05) is 5.32 Å². The van der Waals surface area contributed by atoms with Gasteiger partial charge in [-0.1, -0.05) is 42.5 Å². The van der Waals surface area contributed by atoms with Gasteiger partial charge in [0.15, 0.2) is 0 Å². The number of hydrogen-bond donors (Lipinski definition) is 1. The fraction of sp³-hybridized carbons (Fsp3) is 0.292. The van der Waals surface area contributed by atoms with E-state index in [9.17, 15) is 18.8 Å². The van der Waals surface area contributed by atoms with Gasteiger partial charge < -0.3 is 5.32 Å². The zero-order valence-electron chi connectivity index (χ0n) is 16.2. The third-order valence-corrected chi connectivity index (χ3v) is 6.50. The Morgan fingerprint density at radius 2 is 1.57 bits per heavy atom. The topological polar surface area (TPSA) is 66.5 Å². The second kappa shape index (κ2) is 7.20. The van der Waals surface area contributed by atoms with Gasteiger partial charge in [0.25, 0.3) is 0 Å². The van der Waals surface area contributed by atoms with E-state index >= 15 is 0 Å². The maximum absolute atomic E-state index is 13.3. The van der Waals surface area contributed by atoms with Crippen molar-refractivity contribution in [3.05, 3.63) is 78.1 Å². The SMILES string of the molecule is O=C(Nc1ccc(F)cc1)C(Cc1ccccc1)N1C(=O)C2C3C=CC(C3)C2C1=O. The number of carbonyl (C=O) groups excluding carboxylic acids is 3. The number of imide groups is 1. The molecule has 5 unspecified atom stereocenters. The van der Waals surface area contributed by atoms with Crippen LogP contribution in [0, 0.1) is 29.5 Å². The third-order valence-electron chi connectivity index (χ3n) is 6.50. The van der Waals surface area contributed by atoms with E-state index in [2.05, 4.69) is 5.32 Å². The van der Waals surface area contributed by atoms with Crippen LogP contribution in [0.5, 0.6) is 0 Å². The molecule has 0 radical (unpaired) electrons. The van der Waals surface area contributed by atoms with Crippen LogP contribution >= 0.6 is 0 Å². The molecule has 2 bridgehead atoms. The number of hydrogen-bond acceptors (Lipinski definition) is 3. The zero-order valence-corrected chi connectivity index (χ0v) is 16.2. The summed E-state index contributed by atoms with van der Waals surface area (Å²) in [4.78, 5) is 40.9. The highest BCUT2D eigenvalue weighted by molar-refractivity contribution is 6.10. The number of rotatable bonds is 5. The Morgan fingerprint density at radius 1 is 0.967 bits per heavy atom. The van der Waals surface area contributed by atoms with Gasteiger partial charge >= 0.3 is 0 Å².